The fourth-order valence-electron chi connectivity index (χ4n) is 3.03. The van der Waals surface area contributed by atoms with Crippen LogP contribution in [0.4, 0.5) is 5.82 Å². The summed E-state index contributed by atoms with van der Waals surface area (Å²) in [6.07, 6.45) is 0.891. The second kappa shape index (κ2) is 7.35. The Morgan fingerprint density at radius 1 is 1.46 bits per heavy atom. The number of hydrogen-bond acceptors (Lipinski definition) is 6. The Morgan fingerprint density at radius 3 is 2.88 bits per heavy atom. The molecule has 3 heterocycles. The van der Waals surface area contributed by atoms with Crippen molar-refractivity contribution >= 4 is 11.8 Å². The van der Waals surface area contributed by atoms with Crippen molar-refractivity contribution in [1.82, 2.24) is 14.8 Å². The fraction of sp³-hybridized carbons (Fsp3) is 0.526. The molecule has 0 spiro atoms. The highest BCUT2D eigenvalue weighted by molar-refractivity contribution is 5.99. The fourth-order valence-corrected chi connectivity index (χ4v) is 3.03. The Morgan fingerprint density at radius 2 is 2.23 bits per heavy atom. The summed E-state index contributed by atoms with van der Waals surface area (Å²) in [6.45, 7) is 10.8. The Kier molecular flexibility index (Phi) is 5.15. The van der Waals surface area contributed by atoms with E-state index in [2.05, 4.69) is 29.2 Å². The average molecular weight is 358 g/mol. The Hall–Kier alpha value is -2.57. The van der Waals surface area contributed by atoms with Crippen molar-refractivity contribution in [3.05, 3.63) is 23.4 Å². The molecule has 3 rings (SSSR count). The minimum absolute atomic E-state index is 0.0390. The van der Waals surface area contributed by atoms with Gasteiger partial charge in [-0.1, -0.05) is 0 Å². The van der Waals surface area contributed by atoms with Gasteiger partial charge in [-0.2, -0.15) is 5.10 Å². The molecule has 1 aliphatic heterocycles. The van der Waals surface area contributed by atoms with Crippen molar-refractivity contribution in [3.8, 4) is 17.1 Å². The Balaban J connectivity index is 2.08. The third-order valence-electron chi connectivity index (χ3n) is 4.22. The number of anilines is 1. The monoisotopic (exact) mass is 358 g/mol. The summed E-state index contributed by atoms with van der Waals surface area (Å²) < 4.78 is 12.9. The molecule has 0 radical (unpaired) electrons. The van der Waals surface area contributed by atoms with Crippen molar-refractivity contribution in [2.75, 3.05) is 11.9 Å². The smallest absolute Gasteiger partial charge is 0.345 e. The molecule has 26 heavy (non-hydrogen) atoms. The quantitative estimate of drug-likeness (QED) is 0.825. The van der Waals surface area contributed by atoms with Crippen LogP contribution in [0.25, 0.3) is 11.3 Å². The normalized spacial score (nSPS) is 16.2. The number of carbonyl (C=O) groups is 1. The largest absolute Gasteiger partial charge is 0.474 e. The van der Waals surface area contributed by atoms with E-state index in [1.807, 2.05) is 26.0 Å². The highest BCUT2D eigenvalue weighted by Gasteiger charge is 2.31. The molecule has 1 atom stereocenters. The first-order chi connectivity index (χ1) is 12.4. The number of hydrogen-bond donors (Lipinski definition) is 1. The summed E-state index contributed by atoms with van der Waals surface area (Å²) in [4.78, 5) is 17.2. The maximum absolute atomic E-state index is 12.6. The molecule has 2 aromatic rings. The first-order valence-electron chi connectivity index (χ1n) is 9.09. The van der Waals surface area contributed by atoms with E-state index in [1.54, 1.807) is 11.6 Å². The molecule has 0 aromatic carbocycles. The molecule has 1 N–H and O–H groups in total. The van der Waals surface area contributed by atoms with Gasteiger partial charge in [-0.05, 0) is 46.8 Å². The molecule has 0 saturated carbocycles. The van der Waals surface area contributed by atoms with E-state index in [-0.39, 0.29) is 12.1 Å². The molecule has 7 heteroatoms. The molecule has 0 unspecified atom stereocenters. The third kappa shape index (κ3) is 3.52. The first kappa shape index (κ1) is 18.2. The molecular weight excluding hydrogens is 332 g/mol. The van der Waals surface area contributed by atoms with Crippen molar-refractivity contribution in [1.29, 1.82) is 0 Å². The highest BCUT2D eigenvalue weighted by Crippen LogP contribution is 2.35. The predicted octanol–water partition coefficient (Wildman–Crippen LogP) is 3.42. The van der Waals surface area contributed by atoms with Gasteiger partial charge < -0.3 is 14.8 Å². The van der Waals surface area contributed by atoms with Gasteiger partial charge in [0.15, 0.2) is 0 Å². The van der Waals surface area contributed by atoms with Crippen LogP contribution < -0.4 is 10.1 Å². The minimum atomic E-state index is -0.415. The van der Waals surface area contributed by atoms with Crippen molar-refractivity contribution < 1.29 is 14.3 Å². The van der Waals surface area contributed by atoms with E-state index >= 15 is 0 Å². The lowest BCUT2D eigenvalue weighted by Crippen LogP contribution is -2.24. The van der Waals surface area contributed by atoms with Gasteiger partial charge >= 0.3 is 5.97 Å². The standard InChI is InChI=1S/C19H26N4O3/c1-6-25-19(24)16-17(22-23-10-9-12(4)26-18(16)23)14-7-8-15(20-11(2)3)21-13(14)5/h7-8,11-12H,6,9-10H2,1-5H3,(H,20,21)/t12-/m1/s1. The van der Waals surface area contributed by atoms with E-state index in [0.717, 1.165) is 23.5 Å². The summed E-state index contributed by atoms with van der Waals surface area (Å²) in [5.41, 5.74) is 2.55. The van der Waals surface area contributed by atoms with Crippen LogP contribution in [0.5, 0.6) is 5.88 Å². The van der Waals surface area contributed by atoms with Gasteiger partial charge in [-0.3, -0.25) is 0 Å². The van der Waals surface area contributed by atoms with Gasteiger partial charge in [0.2, 0.25) is 5.88 Å². The lowest BCUT2D eigenvalue weighted by atomic mass is 10.1. The number of carbonyl (C=O) groups excluding carboxylic acids is 1. The molecule has 7 nitrogen and oxygen atoms in total. The molecular formula is C19H26N4O3. The molecule has 1 aliphatic rings. The van der Waals surface area contributed by atoms with E-state index < -0.39 is 5.97 Å². The van der Waals surface area contributed by atoms with Gasteiger partial charge in [0.25, 0.3) is 0 Å². The van der Waals surface area contributed by atoms with Crippen LogP contribution in [0.15, 0.2) is 12.1 Å². The lowest BCUT2D eigenvalue weighted by molar-refractivity contribution is 0.0515. The summed E-state index contributed by atoms with van der Waals surface area (Å²) >= 11 is 0. The van der Waals surface area contributed by atoms with Crippen molar-refractivity contribution in [3.63, 3.8) is 0 Å². The molecule has 0 bridgehead atoms. The number of pyridine rings is 1. The van der Waals surface area contributed by atoms with Gasteiger partial charge in [-0.25, -0.2) is 14.5 Å². The second-order valence-electron chi connectivity index (χ2n) is 6.82. The molecule has 140 valence electrons. The van der Waals surface area contributed by atoms with Crippen LogP contribution in [0.2, 0.25) is 0 Å². The van der Waals surface area contributed by atoms with E-state index in [9.17, 15) is 4.79 Å². The molecule has 0 amide bonds. The lowest BCUT2D eigenvalue weighted by Gasteiger charge is -2.21. The molecule has 0 saturated heterocycles. The van der Waals surface area contributed by atoms with Crippen LogP contribution >= 0.6 is 0 Å². The van der Waals surface area contributed by atoms with Crippen LogP contribution in [0, 0.1) is 6.92 Å². The third-order valence-corrected chi connectivity index (χ3v) is 4.22. The number of nitrogens with one attached hydrogen (secondary N) is 1. The summed E-state index contributed by atoms with van der Waals surface area (Å²) in [7, 11) is 0. The number of aryl methyl sites for hydroxylation is 2. The summed E-state index contributed by atoms with van der Waals surface area (Å²) in [5, 5.41) is 7.92. The van der Waals surface area contributed by atoms with Crippen molar-refractivity contribution in [2.45, 2.75) is 59.7 Å². The second-order valence-corrected chi connectivity index (χ2v) is 6.82. The highest BCUT2D eigenvalue weighted by atomic mass is 16.5. The summed E-state index contributed by atoms with van der Waals surface area (Å²) in [6, 6.07) is 4.13. The molecule has 2 aromatic heterocycles. The number of nitrogens with zero attached hydrogens (tertiary/aromatic N) is 3. The topological polar surface area (TPSA) is 78.3 Å². The number of fused-ring (bicyclic) bond motifs is 1. The van der Waals surface area contributed by atoms with E-state index in [4.69, 9.17) is 9.47 Å². The average Bonchev–Trinajstić information content (AvgIpc) is 2.92. The number of rotatable bonds is 5. The zero-order valence-corrected chi connectivity index (χ0v) is 16.0. The maximum Gasteiger partial charge on any atom is 0.345 e. The zero-order chi connectivity index (χ0) is 18.8. The Bertz CT molecular complexity index is 813. The van der Waals surface area contributed by atoms with Gasteiger partial charge in [0, 0.05) is 30.3 Å². The minimum Gasteiger partial charge on any atom is -0.474 e. The van der Waals surface area contributed by atoms with Gasteiger partial charge in [0.1, 0.15) is 17.1 Å². The summed E-state index contributed by atoms with van der Waals surface area (Å²) in [5.74, 6) is 0.871. The first-order valence-corrected chi connectivity index (χ1v) is 9.09. The van der Waals surface area contributed by atoms with Crippen LogP contribution in [0.3, 0.4) is 0 Å². The van der Waals surface area contributed by atoms with Crippen LogP contribution in [0.1, 0.15) is 50.2 Å². The van der Waals surface area contributed by atoms with Crippen LogP contribution in [-0.4, -0.2) is 39.5 Å². The Labute approximate surface area is 153 Å². The number of aromatic nitrogens is 3. The SMILES string of the molecule is CCOC(=O)c1c(-c2ccc(NC(C)C)nc2C)nn2c1O[C@H](C)CC2. The van der Waals surface area contributed by atoms with E-state index in [0.29, 0.717) is 30.3 Å². The van der Waals surface area contributed by atoms with Crippen molar-refractivity contribution in [2.24, 2.45) is 0 Å². The van der Waals surface area contributed by atoms with Gasteiger partial charge in [0.05, 0.1) is 12.7 Å². The van der Waals surface area contributed by atoms with Gasteiger partial charge in [-0.15, -0.1) is 0 Å². The number of ether oxygens (including phenoxy) is 2. The van der Waals surface area contributed by atoms with E-state index in [1.165, 1.54) is 0 Å². The van der Waals surface area contributed by atoms with Crippen LogP contribution in [-0.2, 0) is 11.3 Å². The maximum atomic E-state index is 12.6. The molecule has 0 aliphatic carbocycles. The predicted molar refractivity (Wildman–Crippen MR) is 99.6 cm³/mol. The number of esters is 1. The zero-order valence-electron chi connectivity index (χ0n) is 16.0. The molecule has 0 fully saturated rings.